The van der Waals surface area contributed by atoms with Gasteiger partial charge in [-0.1, -0.05) is 6.07 Å². The quantitative estimate of drug-likeness (QED) is 0.141. The first-order valence-electron chi connectivity index (χ1n) is 10.2. The van der Waals surface area contributed by atoms with E-state index in [4.69, 9.17) is 4.42 Å². The molecule has 8 nitrogen and oxygen atoms in total. The van der Waals surface area contributed by atoms with E-state index in [1.165, 1.54) is 0 Å². The summed E-state index contributed by atoms with van der Waals surface area (Å²) in [6, 6.07) is 9.92. The summed E-state index contributed by atoms with van der Waals surface area (Å²) in [5.74, 6) is 5.74. The minimum absolute atomic E-state index is 0.269. The lowest BCUT2D eigenvalue weighted by atomic mass is 10.3. The third-order valence-corrected chi connectivity index (χ3v) is 6.00. The topological polar surface area (TPSA) is 96.8 Å². The number of nitrogens with zero attached hydrogens (tertiary/aromatic N) is 4. The average Bonchev–Trinajstić information content (AvgIpc) is 3.16. The van der Waals surface area contributed by atoms with Gasteiger partial charge in [0.05, 0.1) is 18.8 Å². The van der Waals surface area contributed by atoms with Crippen molar-refractivity contribution in [1.29, 1.82) is 0 Å². The third kappa shape index (κ3) is 11.8. The number of thioether (sulfide) groups is 2. The molecule has 2 aromatic rings. The molecule has 0 amide bonds. The number of rotatable bonds is 15. The molecule has 0 unspecified atom stereocenters. The molecule has 0 aliphatic heterocycles. The van der Waals surface area contributed by atoms with Gasteiger partial charge in [-0.05, 0) is 50.5 Å². The molecule has 0 radical (unpaired) electrons. The van der Waals surface area contributed by atoms with Crippen molar-refractivity contribution >= 4 is 29.4 Å². The summed E-state index contributed by atoms with van der Waals surface area (Å²) in [4.78, 5) is 21.3. The van der Waals surface area contributed by atoms with Crippen molar-refractivity contribution < 1.29 is 9.34 Å². The maximum Gasteiger partial charge on any atom is 0.259 e. The average molecular weight is 466 g/mol. The summed E-state index contributed by atoms with van der Waals surface area (Å²) in [5, 5.41) is 14.0. The lowest BCUT2D eigenvalue weighted by Gasteiger charge is -2.07. The fraction of sp³-hybridized carbons (Fsp3) is 0.524. The molecule has 2 rings (SSSR count). The normalized spacial score (nSPS) is 11.8. The summed E-state index contributed by atoms with van der Waals surface area (Å²) in [6.45, 7) is 1.72. The number of hydrogen-bond acceptors (Lipinski definition) is 8. The summed E-state index contributed by atoms with van der Waals surface area (Å²) < 4.78 is 5.79. The van der Waals surface area contributed by atoms with E-state index in [9.17, 15) is 10.1 Å². The Kier molecular flexibility index (Phi) is 12.1. The second-order valence-corrected chi connectivity index (χ2v) is 9.42. The molecule has 170 valence electrons. The van der Waals surface area contributed by atoms with Gasteiger partial charge in [-0.15, -0.1) is 0 Å². The van der Waals surface area contributed by atoms with Gasteiger partial charge in [-0.3, -0.25) is 20.1 Å². The summed E-state index contributed by atoms with van der Waals surface area (Å²) >= 11 is 3.51. The van der Waals surface area contributed by atoms with E-state index in [0.29, 0.717) is 18.9 Å². The zero-order valence-electron chi connectivity index (χ0n) is 18.2. The standard InChI is InChI=1S/C21H31N5O3S2/c1-25(2)15-19-6-7-20(29-19)17-31-14-11-24-21(16-26(27)28)23-10-13-30-12-8-18-5-3-4-9-22-18/h3-7,9H,8,10-17H2,1-2H3,(H,23,24). The molecular weight excluding hydrogens is 434 g/mol. The maximum atomic E-state index is 10.9. The van der Waals surface area contributed by atoms with Gasteiger partial charge in [0.25, 0.3) is 6.54 Å². The van der Waals surface area contributed by atoms with Crippen LogP contribution in [-0.2, 0) is 18.7 Å². The Bertz CT molecular complexity index is 799. The molecule has 0 saturated carbocycles. The van der Waals surface area contributed by atoms with E-state index < -0.39 is 0 Å². The van der Waals surface area contributed by atoms with Crippen molar-refractivity contribution in [2.45, 2.75) is 18.7 Å². The van der Waals surface area contributed by atoms with E-state index in [1.807, 2.05) is 44.4 Å². The van der Waals surface area contributed by atoms with E-state index in [-0.39, 0.29) is 11.5 Å². The predicted octanol–water partition coefficient (Wildman–Crippen LogP) is 3.21. The lowest BCUT2D eigenvalue weighted by Crippen LogP contribution is -2.32. The van der Waals surface area contributed by atoms with E-state index in [1.54, 1.807) is 29.7 Å². The second-order valence-electron chi connectivity index (χ2n) is 7.09. The number of nitro groups is 1. The zero-order chi connectivity index (χ0) is 22.3. The largest absolute Gasteiger partial charge is 0.464 e. The Morgan fingerprint density at radius 3 is 2.77 bits per heavy atom. The first kappa shape index (κ1) is 25.2. The smallest absolute Gasteiger partial charge is 0.259 e. The molecule has 0 spiro atoms. The molecule has 0 aliphatic rings. The van der Waals surface area contributed by atoms with E-state index >= 15 is 0 Å². The molecule has 0 aromatic carbocycles. The molecule has 1 N–H and O–H groups in total. The first-order chi connectivity index (χ1) is 15.0. The molecule has 10 heteroatoms. The van der Waals surface area contributed by atoms with Crippen molar-refractivity contribution in [3.05, 3.63) is 63.9 Å². The van der Waals surface area contributed by atoms with Crippen LogP contribution < -0.4 is 5.32 Å². The van der Waals surface area contributed by atoms with Crippen LogP contribution in [0.1, 0.15) is 17.2 Å². The molecule has 0 saturated heterocycles. The van der Waals surface area contributed by atoms with E-state index in [0.717, 1.165) is 53.2 Å². The summed E-state index contributed by atoms with van der Waals surface area (Å²) in [5.41, 5.74) is 1.08. The lowest BCUT2D eigenvalue weighted by molar-refractivity contribution is -0.463. The Balaban J connectivity index is 1.61. The van der Waals surface area contributed by atoms with Crippen molar-refractivity contribution in [1.82, 2.24) is 15.2 Å². The van der Waals surface area contributed by atoms with Crippen LogP contribution in [0.15, 0.2) is 45.9 Å². The summed E-state index contributed by atoms with van der Waals surface area (Å²) in [7, 11) is 4.02. The van der Waals surface area contributed by atoms with Crippen LogP contribution in [-0.4, -0.2) is 71.6 Å². The SMILES string of the molecule is CN(C)Cc1ccc(CSCCNC(C[N+](=O)[O-])=NCCSCCc2ccccn2)o1. The number of nitrogens with one attached hydrogen (secondary N) is 1. The molecule has 0 aliphatic carbocycles. The number of aryl methyl sites for hydroxylation is 1. The minimum Gasteiger partial charge on any atom is -0.464 e. The van der Waals surface area contributed by atoms with Crippen molar-refractivity contribution in [3.63, 3.8) is 0 Å². The van der Waals surface area contributed by atoms with Crippen LogP contribution in [0.2, 0.25) is 0 Å². The Hall–Kier alpha value is -2.04. The van der Waals surface area contributed by atoms with Gasteiger partial charge in [0, 0.05) is 34.9 Å². The zero-order valence-corrected chi connectivity index (χ0v) is 19.8. The van der Waals surface area contributed by atoms with Gasteiger partial charge in [0.1, 0.15) is 11.5 Å². The fourth-order valence-corrected chi connectivity index (χ4v) is 4.22. The second kappa shape index (κ2) is 14.9. The molecule has 0 atom stereocenters. The number of amidine groups is 1. The van der Waals surface area contributed by atoms with Crippen LogP contribution in [0.25, 0.3) is 0 Å². The number of furan rings is 1. The Labute approximate surface area is 192 Å². The summed E-state index contributed by atoms with van der Waals surface area (Å²) in [6.07, 6.45) is 2.72. The molecular formula is C21H31N5O3S2. The molecule has 31 heavy (non-hydrogen) atoms. The highest BCUT2D eigenvalue weighted by atomic mass is 32.2. The van der Waals surface area contributed by atoms with Crippen molar-refractivity contribution in [3.8, 4) is 0 Å². The van der Waals surface area contributed by atoms with Crippen LogP contribution in [0.4, 0.5) is 0 Å². The van der Waals surface area contributed by atoms with Gasteiger partial charge in [-0.25, -0.2) is 0 Å². The first-order valence-corrected chi connectivity index (χ1v) is 12.5. The monoisotopic (exact) mass is 465 g/mol. The maximum absolute atomic E-state index is 10.9. The van der Waals surface area contributed by atoms with Crippen LogP contribution >= 0.6 is 23.5 Å². The van der Waals surface area contributed by atoms with Gasteiger partial charge >= 0.3 is 0 Å². The van der Waals surface area contributed by atoms with Crippen LogP contribution in [0, 0.1) is 10.1 Å². The number of hydrogen-bond donors (Lipinski definition) is 1. The highest BCUT2D eigenvalue weighted by molar-refractivity contribution is 7.99. The third-order valence-electron chi connectivity index (χ3n) is 4.05. The number of aliphatic imine (C=N–C) groups is 1. The van der Waals surface area contributed by atoms with Gasteiger partial charge in [0.15, 0.2) is 5.84 Å². The van der Waals surface area contributed by atoms with Gasteiger partial charge in [-0.2, -0.15) is 23.5 Å². The van der Waals surface area contributed by atoms with Crippen molar-refractivity contribution in [2.24, 2.45) is 4.99 Å². The van der Waals surface area contributed by atoms with Crippen LogP contribution in [0.5, 0.6) is 0 Å². The molecule has 0 fully saturated rings. The number of aromatic nitrogens is 1. The molecule has 0 bridgehead atoms. The fourth-order valence-electron chi connectivity index (χ4n) is 2.69. The highest BCUT2D eigenvalue weighted by Gasteiger charge is 2.07. The Morgan fingerprint density at radius 1 is 1.19 bits per heavy atom. The molecule has 2 heterocycles. The predicted molar refractivity (Wildman–Crippen MR) is 130 cm³/mol. The Morgan fingerprint density at radius 2 is 2.03 bits per heavy atom. The number of pyridine rings is 1. The van der Waals surface area contributed by atoms with Gasteiger partial charge in [0.2, 0.25) is 0 Å². The van der Waals surface area contributed by atoms with Gasteiger partial charge < -0.3 is 14.6 Å². The minimum atomic E-state index is -0.345. The highest BCUT2D eigenvalue weighted by Crippen LogP contribution is 2.16. The van der Waals surface area contributed by atoms with E-state index in [2.05, 4.69) is 20.2 Å². The van der Waals surface area contributed by atoms with Crippen molar-refractivity contribution in [2.75, 3.05) is 51.0 Å². The molecule has 2 aromatic heterocycles. The van der Waals surface area contributed by atoms with Crippen LogP contribution in [0.3, 0.4) is 0 Å².